The zero-order valence-electron chi connectivity index (χ0n) is 11.3. The summed E-state index contributed by atoms with van der Waals surface area (Å²) in [5.41, 5.74) is 1.98. The summed E-state index contributed by atoms with van der Waals surface area (Å²) >= 11 is 3.58. The minimum atomic E-state index is -0.0158. The zero-order chi connectivity index (χ0) is 13.8. The summed E-state index contributed by atoms with van der Waals surface area (Å²) in [6.07, 6.45) is 7.01. The summed E-state index contributed by atoms with van der Waals surface area (Å²) in [5, 5.41) is 7.87. The molecule has 6 heteroatoms. The number of hydrogen-bond acceptors (Lipinski definition) is 4. The van der Waals surface area contributed by atoms with Crippen molar-refractivity contribution in [2.24, 2.45) is 0 Å². The van der Waals surface area contributed by atoms with Gasteiger partial charge < -0.3 is 5.32 Å². The second-order valence-electron chi connectivity index (χ2n) is 4.54. The SMILES string of the molecule is CCNC(c1cnccn1)c1c(Br)cnn1C(C)C. The second-order valence-corrected chi connectivity index (χ2v) is 5.39. The van der Waals surface area contributed by atoms with Gasteiger partial charge in [0.05, 0.1) is 34.3 Å². The first-order valence-corrected chi connectivity index (χ1v) is 7.16. The van der Waals surface area contributed by atoms with E-state index in [0.29, 0.717) is 6.04 Å². The molecule has 0 saturated heterocycles. The van der Waals surface area contributed by atoms with Crippen molar-refractivity contribution >= 4 is 15.9 Å². The maximum absolute atomic E-state index is 4.43. The highest BCUT2D eigenvalue weighted by molar-refractivity contribution is 9.10. The van der Waals surface area contributed by atoms with Crippen LogP contribution < -0.4 is 5.32 Å². The van der Waals surface area contributed by atoms with Gasteiger partial charge in [-0.3, -0.25) is 14.6 Å². The number of aromatic nitrogens is 4. The van der Waals surface area contributed by atoms with Gasteiger partial charge in [-0.25, -0.2) is 0 Å². The quantitative estimate of drug-likeness (QED) is 0.919. The fraction of sp³-hybridized carbons (Fsp3) is 0.462. The number of rotatable bonds is 5. The lowest BCUT2D eigenvalue weighted by Crippen LogP contribution is -2.26. The third-order valence-electron chi connectivity index (χ3n) is 2.84. The largest absolute Gasteiger partial charge is 0.304 e. The Hall–Kier alpha value is -1.27. The molecule has 1 N–H and O–H groups in total. The maximum Gasteiger partial charge on any atom is 0.0949 e. The van der Waals surface area contributed by atoms with E-state index in [2.05, 4.69) is 57.1 Å². The maximum atomic E-state index is 4.43. The van der Waals surface area contributed by atoms with Crippen molar-refractivity contribution in [2.45, 2.75) is 32.9 Å². The Morgan fingerprint density at radius 3 is 2.68 bits per heavy atom. The van der Waals surface area contributed by atoms with Crippen LogP contribution >= 0.6 is 15.9 Å². The number of halogens is 1. The third-order valence-corrected chi connectivity index (χ3v) is 3.45. The van der Waals surface area contributed by atoms with E-state index in [9.17, 15) is 0 Å². The van der Waals surface area contributed by atoms with Crippen LogP contribution in [0.3, 0.4) is 0 Å². The van der Waals surface area contributed by atoms with Crippen molar-refractivity contribution in [1.29, 1.82) is 0 Å². The van der Waals surface area contributed by atoms with Crippen LogP contribution in [0.4, 0.5) is 0 Å². The third kappa shape index (κ3) is 3.01. The molecule has 2 aromatic rings. The molecular weight excluding hydrogens is 306 g/mol. The van der Waals surface area contributed by atoms with Crippen molar-refractivity contribution in [1.82, 2.24) is 25.1 Å². The lowest BCUT2D eigenvalue weighted by molar-refractivity contribution is 0.471. The van der Waals surface area contributed by atoms with Gasteiger partial charge in [-0.05, 0) is 36.3 Å². The monoisotopic (exact) mass is 323 g/mol. The molecule has 0 spiro atoms. The molecule has 2 rings (SSSR count). The first kappa shape index (κ1) is 14.1. The molecule has 0 bridgehead atoms. The van der Waals surface area contributed by atoms with Gasteiger partial charge in [0, 0.05) is 18.4 Å². The molecule has 102 valence electrons. The molecule has 0 aliphatic carbocycles. The normalized spacial score (nSPS) is 12.9. The summed E-state index contributed by atoms with van der Waals surface area (Å²) in [6, 6.07) is 0.275. The van der Waals surface area contributed by atoms with Crippen LogP contribution in [0.2, 0.25) is 0 Å². The summed E-state index contributed by atoms with van der Waals surface area (Å²) in [5.74, 6) is 0. The van der Waals surface area contributed by atoms with E-state index < -0.39 is 0 Å². The fourth-order valence-electron chi connectivity index (χ4n) is 2.04. The Labute approximate surface area is 121 Å². The molecular formula is C13H18BrN5. The van der Waals surface area contributed by atoms with Gasteiger partial charge in [0.25, 0.3) is 0 Å². The standard InChI is InChI=1S/C13H18BrN5/c1-4-16-12(11-8-15-5-6-17-11)13-10(14)7-18-19(13)9(2)3/h5-9,12,16H,4H2,1-3H3. The Balaban J connectivity index is 2.48. The van der Waals surface area contributed by atoms with E-state index in [0.717, 1.165) is 22.4 Å². The first-order valence-electron chi connectivity index (χ1n) is 6.37. The number of nitrogens with one attached hydrogen (secondary N) is 1. The molecule has 19 heavy (non-hydrogen) atoms. The van der Waals surface area contributed by atoms with Crippen LogP contribution in [0.1, 0.15) is 44.2 Å². The molecule has 0 aliphatic rings. The van der Waals surface area contributed by atoms with E-state index in [1.54, 1.807) is 18.6 Å². The Kier molecular flexibility index (Phi) is 4.66. The van der Waals surface area contributed by atoms with Crippen LogP contribution in [-0.2, 0) is 0 Å². The summed E-state index contributed by atoms with van der Waals surface area (Å²) < 4.78 is 2.99. The Morgan fingerprint density at radius 1 is 1.32 bits per heavy atom. The van der Waals surface area contributed by atoms with Crippen molar-refractivity contribution in [3.05, 3.63) is 40.6 Å². The molecule has 0 aliphatic heterocycles. The topological polar surface area (TPSA) is 55.6 Å². The molecule has 1 unspecified atom stereocenters. The van der Waals surface area contributed by atoms with Gasteiger partial charge in [0.15, 0.2) is 0 Å². The van der Waals surface area contributed by atoms with Gasteiger partial charge in [-0.1, -0.05) is 6.92 Å². The van der Waals surface area contributed by atoms with E-state index in [4.69, 9.17) is 0 Å². The smallest absolute Gasteiger partial charge is 0.0949 e. The summed E-state index contributed by atoms with van der Waals surface area (Å²) in [7, 11) is 0. The highest BCUT2D eigenvalue weighted by Crippen LogP contribution is 2.29. The Bertz CT molecular complexity index is 523. The predicted molar refractivity (Wildman–Crippen MR) is 77.9 cm³/mol. The highest BCUT2D eigenvalue weighted by Gasteiger charge is 2.23. The molecule has 0 radical (unpaired) electrons. The molecule has 5 nitrogen and oxygen atoms in total. The lowest BCUT2D eigenvalue weighted by Gasteiger charge is -2.21. The minimum Gasteiger partial charge on any atom is -0.304 e. The van der Waals surface area contributed by atoms with Gasteiger partial charge in [-0.15, -0.1) is 0 Å². The van der Waals surface area contributed by atoms with Crippen LogP contribution in [0.5, 0.6) is 0 Å². The molecule has 0 fully saturated rings. The lowest BCUT2D eigenvalue weighted by atomic mass is 10.1. The first-order chi connectivity index (χ1) is 9.15. The van der Waals surface area contributed by atoms with E-state index >= 15 is 0 Å². The van der Waals surface area contributed by atoms with Crippen LogP contribution in [0.25, 0.3) is 0 Å². The van der Waals surface area contributed by atoms with Gasteiger partial charge in [-0.2, -0.15) is 5.10 Å². The molecule has 2 aromatic heterocycles. The Morgan fingerprint density at radius 2 is 2.11 bits per heavy atom. The molecule has 0 aromatic carbocycles. The van der Waals surface area contributed by atoms with E-state index in [1.165, 1.54) is 0 Å². The van der Waals surface area contributed by atoms with Gasteiger partial charge in [0.1, 0.15) is 0 Å². The van der Waals surface area contributed by atoms with Crippen LogP contribution in [-0.4, -0.2) is 26.3 Å². The van der Waals surface area contributed by atoms with E-state index in [1.807, 2.05) is 10.9 Å². The van der Waals surface area contributed by atoms with Crippen molar-refractivity contribution < 1.29 is 0 Å². The number of hydrogen-bond donors (Lipinski definition) is 1. The fourth-order valence-corrected chi connectivity index (χ4v) is 2.54. The zero-order valence-corrected chi connectivity index (χ0v) is 12.9. The summed E-state index contributed by atoms with van der Waals surface area (Å²) in [4.78, 5) is 8.56. The van der Waals surface area contributed by atoms with Crippen LogP contribution in [0.15, 0.2) is 29.3 Å². The van der Waals surface area contributed by atoms with E-state index in [-0.39, 0.29) is 6.04 Å². The molecule has 0 saturated carbocycles. The van der Waals surface area contributed by atoms with Gasteiger partial charge in [0.2, 0.25) is 0 Å². The molecule has 0 amide bonds. The predicted octanol–water partition coefficient (Wildman–Crippen LogP) is 2.72. The average Bonchev–Trinajstić information content (AvgIpc) is 2.79. The average molecular weight is 324 g/mol. The van der Waals surface area contributed by atoms with Gasteiger partial charge >= 0.3 is 0 Å². The van der Waals surface area contributed by atoms with Crippen molar-refractivity contribution in [2.75, 3.05) is 6.54 Å². The van der Waals surface area contributed by atoms with Crippen molar-refractivity contribution in [3.63, 3.8) is 0 Å². The number of nitrogens with zero attached hydrogens (tertiary/aromatic N) is 4. The summed E-state index contributed by atoms with van der Waals surface area (Å²) in [6.45, 7) is 7.15. The molecule has 1 atom stereocenters. The second kappa shape index (κ2) is 6.25. The minimum absolute atomic E-state index is 0.0158. The van der Waals surface area contributed by atoms with Crippen LogP contribution in [0, 0.1) is 0 Å². The van der Waals surface area contributed by atoms with Crippen molar-refractivity contribution in [3.8, 4) is 0 Å². The highest BCUT2D eigenvalue weighted by atomic mass is 79.9. The molecule has 2 heterocycles.